The van der Waals surface area contributed by atoms with E-state index in [1.54, 1.807) is 4.90 Å². The van der Waals surface area contributed by atoms with Crippen LogP contribution in [0.1, 0.15) is 33.3 Å². The van der Waals surface area contributed by atoms with Crippen molar-refractivity contribution in [3.63, 3.8) is 0 Å². The summed E-state index contributed by atoms with van der Waals surface area (Å²) in [4.78, 5) is 25.6. The number of aliphatic carboxylic acids is 1. The molecule has 1 aromatic carbocycles. The van der Waals surface area contributed by atoms with Crippen LogP contribution in [0.4, 0.5) is 10.5 Å². The number of nitrogens with zero attached hydrogens (tertiary/aromatic N) is 1. The first-order valence-electron chi connectivity index (χ1n) is 7.50. The van der Waals surface area contributed by atoms with Gasteiger partial charge in [0.2, 0.25) is 0 Å². The number of benzene rings is 1. The predicted octanol–water partition coefficient (Wildman–Crippen LogP) is 3.32. The van der Waals surface area contributed by atoms with Crippen molar-refractivity contribution in [2.45, 2.75) is 39.7 Å². The maximum atomic E-state index is 12.5. The van der Waals surface area contributed by atoms with E-state index in [2.05, 4.69) is 0 Å². The van der Waals surface area contributed by atoms with Gasteiger partial charge in [-0.3, -0.25) is 9.69 Å². The highest BCUT2D eigenvalue weighted by atomic mass is 16.6. The van der Waals surface area contributed by atoms with Gasteiger partial charge in [0.1, 0.15) is 5.60 Å². The Balaban J connectivity index is 2.38. The highest BCUT2D eigenvalue weighted by molar-refractivity contribution is 5.89. The number of hydrogen-bond acceptors (Lipinski definition) is 3. The number of carboxylic acid groups (broad SMARTS) is 1. The molecule has 120 valence electrons. The van der Waals surface area contributed by atoms with Gasteiger partial charge in [0, 0.05) is 6.54 Å². The van der Waals surface area contributed by atoms with Crippen LogP contribution in [-0.2, 0) is 16.0 Å². The van der Waals surface area contributed by atoms with Crippen molar-refractivity contribution in [2.24, 2.45) is 11.8 Å². The SMILES string of the molecule is C[C@@H]1CN(C(=O)OC(C)(C)C)c2ccccc2CC1C(=O)O. The molecule has 1 N–H and O–H groups in total. The van der Waals surface area contributed by atoms with Gasteiger partial charge in [-0.15, -0.1) is 0 Å². The fraction of sp³-hybridized carbons (Fsp3) is 0.529. The first kappa shape index (κ1) is 16.3. The summed E-state index contributed by atoms with van der Waals surface area (Å²) in [6, 6.07) is 7.43. The third-order valence-corrected chi connectivity index (χ3v) is 3.81. The van der Waals surface area contributed by atoms with Crippen LogP contribution < -0.4 is 4.90 Å². The monoisotopic (exact) mass is 305 g/mol. The van der Waals surface area contributed by atoms with E-state index in [1.807, 2.05) is 52.0 Å². The van der Waals surface area contributed by atoms with Crippen LogP contribution in [0.5, 0.6) is 0 Å². The van der Waals surface area contributed by atoms with Gasteiger partial charge in [0.15, 0.2) is 0 Å². The van der Waals surface area contributed by atoms with Crippen molar-refractivity contribution in [3.8, 4) is 0 Å². The Labute approximate surface area is 130 Å². The molecular weight excluding hydrogens is 282 g/mol. The Morgan fingerprint density at radius 3 is 2.50 bits per heavy atom. The van der Waals surface area contributed by atoms with E-state index in [0.29, 0.717) is 13.0 Å². The molecule has 1 amide bonds. The molecular formula is C17H23NO4. The number of amides is 1. The number of carbonyl (C=O) groups excluding carboxylic acids is 1. The van der Waals surface area contributed by atoms with Crippen molar-refractivity contribution in [2.75, 3.05) is 11.4 Å². The zero-order chi connectivity index (χ0) is 16.5. The zero-order valence-corrected chi connectivity index (χ0v) is 13.5. The minimum Gasteiger partial charge on any atom is -0.481 e. The molecule has 5 heteroatoms. The highest BCUT2D eigenvalue weighted by Gasteiger charge is 2.35. The molecule has 0 radical (unpaired) electrons. The molecule has 1 unspecified atom stereocenters. The Bertz CT molecular complexity index is 576. The maximum absolute atomic E-state index is 12.5. The number of carboxylic acids is 1. The number of fused-ring (bicyclic) bond motifs is 1. The van der Waals surface area contributed by atoms with Crippen molar-refractivity contribution < 1.29 is 19.4 Å². The van der Waals surface area contributed by atoms with E-state index in [1.165, 1.54) is 0 Å². The molecule has 0 aliphatic carbocycles. The average Bonchev–Trinajstić information content (AvgIpc) is 2.54. The fourth-order valence-electron chi connectivity index (χ4n) is 2.72. The molecule has 0 bridgehead atoms. The molecule has 1 aliphatic heterocycles. The summed E-state index contributed by atoms with van der Waals surface area (Å²) < 4.78 is 5.47. The summed E-state index contributed by atoms with van der Waals surface area (Å²) in [6.45, 7) is 7.65. The second-order valence-corrected chi connectivity index (χ2v) is 6.85. The lowest BCUT2D eigenvalue weighted by atomic mass is 9.89. The summed E-state index contributed by atoms with van der Waals surface area (Å²) in [5.74, 6) is -1.49. The summed E-state index contributed by atoms with van der Waals surface area (Å²) in [7, 11) is 0. The minimum absolute atomic E-state index is 0.155. The molecule has 1 heterocycles. The van der Waals surface area contributed by atoms with E-state index in [9.17, 15) is 14.7 Å². The predicted molar refractivity (Wildman–Crippen MR) is 84.0 cm³/mol. The van der Waals surface area contributed by atoms with Gasteiger partial charge in [-0.2, -0.15) is 0 Å². The molecule has 0 spiro atoms. The molecule has 0 saturated heterocycles. The van der Waals surface area contributed by atoms with Crippen LogP contribution in [0.15, 0.2) is 24.3 Å². The van der Waals surface area contributed by atoms with E-state index in [0.717, 1.165) is 11.3 Å². The van der Waals surface area contributed by atoms with Crippen molar-refractivity contribution in [1.82, 2.24) is 0 Å². The number of para-hydroxylation sites is 1. The Morgan fingerprint density at radius 2 is 1.91 bits per heavy atom. The lowest BCUT2D eigenvalue weighted by Crippen LogP contribution is -2.40. The Hall–Kier alpha value is -2.04. The maximum Gasteiger partial charge on any atom is 0.414 e. The number of rotatable bonds is 1. The van der Waals surface area contributed by atoms with E-state index >= 15 is 0 Å². The number of anilines is 1. The van der Waals surface area contributed by atoms with Gasteiger partial charge in [-0.25, -0.2) is 4.79 Å². The summed E-state index contributed by atoms with van der Waals surface area (Å²) >= 11 is 0. The van der Waals surface area contributed by atoms with E-state index in [4.69, 9.17) is 4.74 Å². The van der Waals surface area contributed by atoms with Gasteiger partial charge >= 0.3 is 12.1 Å². The molecule has 1 aromatic rings. The van der Waals surface area contributed by atoms with Crippen LogP contribution in [0.2, 0.25) is 0 Å². The quantitative estimate of drug-likeness (QED) is 0.864. The van der Waals surface area contributed by atoms with Crippen LogP contribution >= 0.6 is 0 Å². The second-order valence-electron chi connectivity index (χ2n) is 6.85. The highest BCUT2D eigenvalue weighted by Crippen LogP contribution is 2.32. The first-order chi connectivity index (χ1) is 10.2. The summed E-state index contributed by atoms with van der Waals surface area (Å²) in [6.07, 6.45) is -0.00997. The lowest BCUT2D eigenvalue weighted by Gasteiger charge is -2.29. The third-order valence-electron chi connectivity index (χ3n) is 3.81. The molecule has 1 aliphatic rings. The number of carbonyl (C=O) groups is 2. The van der Waals surface area contributed by atoms with E-state index in [-0.39, 0.29) is 5.92 Å². The van der Waals surface area contributed by atoms with Crippen molar-refractivity contribution in [3.05, 3.63) is 29.8 Å². The zero-order valence-electron chi connectivity index (χ0n) is 13.5. The van der Waals surface area contributed by atoms with Crippen LogP contribution in [0.3, 0.4) is 0 Å². The standard InChI is InChI=1S/C17H23NO4/c1-11-10-18(16(21)22-17(2,3)4)14-8-6-5-7-12(14)9-13(11)15(19)20/h5-8,11,13H,9-10H2,1-4H3,(H,19,20)/t11-,13?/m1/s1. The largest absolute Gasteiger partial charge is 0.481 e. The minimum atomic E-state index is -0.826. The van der Waals surface area contributed by atoms with Crippen LogP contribution in [0.25, 0.3) is 0 Å². The summed E-state index contributed by atoms with van der Waals surface area (Å²) in [5, 5.41) is 9.44. The molecule has 0 saturated carbocycles. The van der Waals surface area contributed by atoms with Gasteiger partial charge in [0.25, 0.3) is 0 Å². The van der Waals surface area contributed by atoms with Crippen molar-refractivity contribution >= 4 is 17.7 Å². The van der Waals surface area contributed by atoms with Crippen LogP contribution in [-0.4, -0.2) is 29.3 Å². The van der Waals surface area contributed by atoms with E-state index < -0.39 is 23.6 Å². The Kier molecular flexibility index (Phi) is 4.44. The molecule has 0 fully saturated rings. The first-order valence-corrected chi connectivity index (χ1v) is 7.50. The molecule has 0 aromatic heterocycles. The second kappa shape index (κ2) is 5.99. The van der Waals surface area contributed by atoms with Crippen molar-refractivity contribution in [1.29, 1.82) is 0 Å². The molecule has 5 nitrogen and oxygen atoms in total. The average molecular weight is 305 g/mol. The molecule has 2 atom stereocenters. The number of ether oxygens (including phenoxy) is 1. The van der Waals surface area contributed by atoms with Gasteiger partial charge in [-0.05, 0) is 44.7 Å². The molecule has 2 rings (SSSR count). The topological polar surface area (TPSA) is 66.8 Å². The normalized spacial score (nSPS) is 21.7. The van der Waals surface area contributed by atoms with Gasteiger partial charge in [0.05, 0.1) is 11.6 Å². The smallest absolute Gasteiger partial charge is 0.414 e. The van der Waals surface area contributed by atoms with Gasteiger partial charge < -0.3 is 9.84 Å². The Morgan fingerprint density at radius 1 is 1.27 bits per heavy atom. The number of hydrogen-bond donors (Lipinski definition) is 1. The lowest BCUT2D eigenvalue weighted by molar-refractivity contribution is -0.143. The van der Waals surface area contributed by atoms with Crippen LogP contribution in [0, 0.1) is 11.8 Å². The van der Waals surface area contributed by atoms with Gasteiger partial charge in [-0.1, -0.05) is 25.1 Å². The molecule has 22 heavy (non-hydrogen) atoms. The summed E-state index contributed by atoms with van der Waals surface area (Å²) in [5.41, 5.74) is 1.02. The fourth-order valence-corrected chi connectivity index (χ4v) is 2.72. The third kappa shape index (κ3) is 3.59.